The van der Waals surface area contributed by atoms with Crippen LogP contribution < -0.4 is 0 Å². The third kappa shape index (κ3) is 3.99. The van der Waals surface area contributed by atoms with Gasteiger partial charge in [-0.2, -0.15) is 10.2 Å². The van der Waals surface area contributed by atoms with Gasteiger partial charge in [0.05, 0.1) is 11.4 Å². The second kappa shape index (κ2) is 6.32. The minimum absolute atomic E-state index is 0.790. The molecule has 0 aliphatic rings. The van der Waals surface area contributed by atoms with Gasteiger partial charge in [0.15, 0.2) is 0 Å². The van der Waals surface area contributed by atoms with Crippen LogP contribution in [0.3, 0.4) is 0 Å². The highest BCUT2D eigenvalue weighted by Crippen LogP contribution is 2.11. The Hall–Kier alpha value is -2.30. The molecule has 0 heterocycles. The molecule has 0 bridgehead atoms. The Balaban J connectivity index is 1.84. The predicted octanol–water partition coefficient (Wildman–Crippen LogP) is 4.09. The maximum Gasteiger partial charge on any atom is 0.486 e. The summed E-state index contributed by atoms with van der Waals surface area (Å²) in [6, 6.07) is 18.9. The summed E-state index contributed by atoms with van der Waals surface area (Å²) < 4.78 is 0. The molecule has 2 rings (SSSR count). The summed E-state index contributed by atoms with van der Waals surface area (Å²) in [5, 5.41) is 15.5. The standard InChI is InChI=1S/C12H10BN4/c1-3-7-11(8-4-1)14-16-13-17-15-12-9-5-2-6-10-12/h1-10H. The van der Waals surface area contributed by atoms with Gasteiger partial charge in [-0.15, -0.1) is 0 Å². The van der Waals surface area contributed by atoms with Crippen molar-refractivity contribution in [2.45, 2.75) is 0 Å². The molecule has 0 amide bonds. The minimum Gasteiger partial charge on any atom is -0.222 e. The summed E-state index contributed by atoms with van der Waals surface area (Å²) in [5.41, 5.74) is 1.58. The van der Waals surface area contributed by atoms with Gasteiger partial charge in [-0.05, 0) is 24.3 Å². The van der Waals surface area contributed by atoms with Crippen LogP contribution in [0, 0.1) is 0 Å². The van der Waals surface area contributed by atoms with Crippen LogP contribution in [-0.2, 0) is 0 Å². The van der Waals surface area contributed by atoms with Crippen molar-refractivity contribution < 1.29 is 0 Å². The van der Waals surface area contributed by atoms with Gasteiger partial charge < -0.3 is 0 Å². The maximum atomic E-state index is 3.95. The summed E-state index contributed by atoms with van der Waals surface area (Å²) in [7, 11) is 1.32. The Kier molecular flexibility index (Phi) is 4.16. The molecule has 0 N–H and O–H groups in total. The molecule has 0 saturated heterocycles. The van der Waals surface area contributed by atoms with Crippen LogP contribution in [0.5, 0.6) is 0 Å². The quantitative estimate of drug-likeness (QED) is 0.551. The van der Waals surface area contributed by atoms with E-state index in [1.165, 1.54) is 7.55 Å². The van der Waals surface area contributed by atoms with Crippen molar-refractivity contribution in [3.05, 3.63) is 60.7 Å². The van der Waals surface area contributed by atoms with Gasteiger partial charge in [0.25, 0.3) is 0 Å². The van der Waals surface area contributed by atoms with Crippen LogP contribution in [0.4, 0.5) is 11.4 Å². The lowest BCUT2D eigenvalue weighted by Gasteiger charge is -1.89. The van der Waals surface area contributed by atoms with E-state index in [1.54, 1.807) is 0 Å². The van der Waals surface area contributed by atoms with Gasteiger partial charge >= 0.3 is 7.55 Å². The molecule has 2 aromatic rings. The van der Waals surface area contributed by atoms with E-state index in [2.05, 4.69) is 20.3 Å². The summed E-state index contributed by atoms with van der Waals surface area (Å²) >= 11 is 0. The Labute approximate surface area is 100 Å². The van der Waals surface area contributed by atoms with Gasteiger partial charge in [-0.25, -0.2) is 10.1 Å². The van der Waals surface area contributed by atoms with Crippen LogP contribution in [0.15, 0.2) is 80.9 Å². The van der Waals surface area contributed by atoms with Crippen molar-refractivity contribution in [2.24, 2.45) is 20.3 Å². The largest absolute Gasteiger partial charge is 0.486 e. The third-order valence-electron chi connectivity index (χ3n) is 1.96. The Morgan fingerprint density at radius 1 is 0.588 bits per heavy atom. The summed E-state index contributed by atoms with van der Waals surface area (Å²) in [6.07, 6.45) is 0. The van der Waals surface area contributed by atoms with Crippen molar-refractivity contribution in [3.8, 4) is 0 Å². The molecule has 0 spiro atoms. The van der Waals surface area contributed by atoms with Gasteiger partial charge in [-0.3, -0.25) is 0 Å². The van der Waals surface area contributed by atoms with Gasteiger partial charge in [-0.1, -0.05) is 36.4 Å². The van der Waals surface area contributed by atoms with E-state index in [-0.39, 0.29) is 0 Å². The summed E-state index contributed by atoms with van der Waals surface area (Å²) in [4.78, 5) is 0. The molecular formula is C12H10BN4. The molecule has 5 heteroatoms. The first-order chi connectivity index (χ1) is 8.45. The summed E-state index contributed by atoms with van der Waals surface area (Å²) in [6.45, 7) is 0. The highest BCUT2D eigenvalue weighted by atomic mass is 15.1. The monoisotopic (exact) mass is 221 g/mol. The molecule has 0 saturated carbocycles. The predicted molar refractivity (Wildman–Crippen MR) is 67.7 cm³/mol. The molecule has 2 aromatic carbocycles. The molecule has 0 unspecified atom stereocenters. The van der Waals surface area contributed by atoms with E-state index in [0.717, 1.165) is 11.4 Å². The topological polar surface area (TPSA) is 49.4 Å². The zero-order valence-electron chi connectivity index (χ0n) is 9.14. The molecule has 0 aromatic heterocycles. The number of benzene rings is 2. The lowest BCUT2D eigenvalue weighted by atomic mass is 10.2. The Morgan fingerprint density at radius 2 is 1.00 bits per heavy atom. The number of rotatable bonds is 4. The van der Waals surface area contributed by atoms with Crippen molar-refractivity contribution >= 4 is 18.9 Å². The first-order valence-electron chi connectivity index (χ1n) is 5.18. The van der Waals surface area contributed by atoms with E-state index in [4.69, 9.17) is 0 Å². The molecule has 81 valence electrons. The molecule has 4 nitrogen and oxygen atoms in total. The molecule has 0 atom stereocenters. The fourth-order valence-corrected chi connectivity index (χ4v) is 1.20. The van der Waals surface area contributed by atoms with Crippen LogP contribution >= 0.6 is 0 Å². The van der Waals surface area contributed by atoms with Crippen LogP contribution in [0.1, 0.15) is 0 Å². The van der Waals surface area contributed by atoms with Crippen molar-refractivity contribution in [1.82, 2.24) is 0 Å². The highest BCUT2D eigenvalue weighted by molar-refractivity contribution is 6.29. The average molecular weight is 221 g/mol. The van der Waals surface area contributed by atoms with Crippen LogP contribution in [-0.4, -0.2) is 7.55 Å². The molecular weight excluding hydrogens is 211 g/mol. The zero-order chi connectivity index (χ0) is 11.8. The maximum absolute atomic E-state index is 3.95. The Morgan fingerprint density at radius 3 is 1.41 bits per heavy atom. The number of hydrogen-bond donors (Lipinski definition) is 0. The molecule has 0 aliphatic heterocycles. The molecule has 0 aliphatic carbocycles. The van der Waals surface area contributed by atoms with E-state index in [1.807, 2.05) is 60.7 Å². The van der Waals surface area contributed by atoms with Crippen LogP contribution in [0.25, 0.3) is 0 Å². The normalized spacial score (nSPS) is 11.1. The van der Waals surface area contributed by atoms with Crippen molar-refractivity contribution in [1.29, 1.82) is 0 Å². The fraction of sp³-hybridized carbons (Fsp3) is 0. The molecule has 17 heavy (non-hydrogen) atoms. The van der Waals surface area contributed by atoms with Crippen LogP contribution in [0.2, 0.25) is 0 Å². The lowest BCUT2D eigenvalue weighted by molar-refractivity contribution is 1.25. The first-order valence-corrected chi connectivity index (χ1v) is 5.18. The van der Waals surface area contributed by atoms with Gasteiger partial charge in [0.2, 0.25) is 0 Å². The number of nitrogens with zero attached hydrogens (tertiary/aromatic N) is 4. The molecule has 1 radical (unpaired) electrons. The van der Waals surface area contributed by atoms with E-state index < -0.39 is 0 Å². The van der Waals surface area contributed by atoms with Crippen molar-refractivity contribution in [2.75, 3.05) is 0 Å². The third-order valence-corrected chi connectivity index (χ3v) is 1.96. The first kappa shape index (κ1) is 11.2. The second-order valence-electron chi connectivity index (χ2n) is 3.22. The van der Waals surface area contributed by atoms with E-state index in [0.29, 0.717) is 0 Å². The second-order valence-corrected chi connectivity index (χ2v) is 3.22. The number of hydrogen-bond acceptors (Lipinski definition) is 4. The van der Waals surface area contributed by atoms with Crippen molar-refractivity contribution in [3.63, 3.8) is 0 Å². The fourth-order valence-electron chi connectivity index (χ4n) is 1.20. The van der Waals surface area contributed by atoms with E-state index in [9.17, 15) is 0 Å². The lowest BCUT2D eigenvalue weighted by Crippen LogP contribution is -1.74. The summed E-state index contributed by atoms with van der Waals surface area (Å²) in [5.74, 6) is 0. The van der Waals surface area contributed by atoms with Gasteiger partial charge in [0.1, 0.15) is 0 Å². The Bertz CT molecular complexity index is 449. The smallest absolute Gasteiger partial charge is 0.222 e. The zero-order valence-corrected chi connectivity index (χ0v) is 9.14. The van der Waals surface area contributed by atoms with E-state index >= 15 is 0 Å². The highest BCUT2D eigenvalue weighted by Gasteiger charge is 1.88. The van der Waals surface area contributed by atoms with Gasteiger partial charge in [0, 0.05) is 0 Å². The molecule has 0 fully saturated rings. The SMILES string of the molecule is [B](N=Nc1ccccc1)N=Nc1ccccc1. The average Bonchev–Trinajstić information content (AvgIpc) is 2.41. The minimum atomic E-state index is 0.790.